The van der Waals surface area contributed by atoms with E-state index in [1.54, 1.807) is 0 Å². The highest BCUT2D eigenvalue weighted by atomic mass is 32.1. The smallest absolute Gasteiger partial charge is 0.0545 e. The fourth-order valence-corrected chi connectivity index (χ4v) is 3.89. The van der Waals surface area contributed by atoms with Gasteiger partial charge >= 0.3 is 0 Å². The van der Waals surface area contributed by atoms with Crippen molar-refractivity contribution < 1.29 is 0 Å². The highest BCUT2D eigenvalue weighted by Gasteiger charge is 2.14. The summed E-state index contributed by atoms with van der Waals surface area (Å²) in [6.07, 6.45) is 0. The molecular formula is C18H20N2S. The van der Waals surface area contributed by atoms with Gasteiger partial charge in [-0.3, -0.25) is 4.98 Å². The maximum absolute atomic E-state index is 4.54. The lowest BCUT2D eigenvalue weighted by Gasteiger charge is -2.13. The van der Waals surface area contributed by atoms with Crippen LogP contribution in [0.15, 0.2) is 42.5 Å². The molecule has 2 heterocycles. The number of fused-ring (bicyclic) bond motifs is 1. The Morgan fingerprint density at radius 1 is 1.10 bits per heavy atom. The molecule has 0 radical (unpaired) electrons. The summed E-state index contributed by atoms with van der Waals surface area (Å²) in [6.45, 7) is 7.28. The third kappa shape index (κ3) is 2.99. The molecule has 108 valence electrons. The predicted molar refractivity (Wildman–Crippen MR) is 90.8 cm³/mol. The second-order valence-corrected chi connectivity index (χ2v) is 6.54. The van der Waals surface area contributed by atoms with E-state index in [1.165, 1.54) is 20.5 Å². The molecule has 3 rings (SSSR count). The molecular weight excluding hydrogens is 276 g/mol. The topological polar surface area (TPSA) is 24.9 Å². The molecule has 3 heteroatoms. The van der Waals surface area contributed by atoms with Crippen LogP contribution in [0, 0.1) is 13.8 Å². The number of benzene rings is 1. The zero-order valence-electron chi connectivity index (χ0n) is 12.7. The van der Waals surface area contributed by atoms with Gasteiger partial charge in [-0.15, -0.1) is 11.3 Å². The number of aromatic nitrogens is 1. The van der Waals surface area contributed by atoms with Gasteiger partial charge in [-0.05, 0) is 49.9 Å². The quantitative estimate of drug-likeness (QED) is 0.750. The molecule has 0 saturated carbocycles. The number of rotatable bonds is 4. The van der Waals surface area contributed by atoms with E-state index >= 15 is 0 Å². The van der Waals surface area contributed by atoms with Gasteiger partial charge in [-0.1, -0.05) is 24.3 Å². The maximum atomic E-state index is 4.54. The summed E-state index contributed by atoms with van der Waals surface area (Å²) < 4.78 is 1.37. The van der Waals surface area contributed by atoms with Gasteiger partial charge in [0.25, 0.3) is 0 Å². The number of hydrogen-bond donors (Lipinski definition) is 1. The number of hydrogen-bond acceptors (Lipinski definition) is 3. The summed E-state index contributed by atoms with van der Waals surface area (Å²) in [5.41, 5.74) is 3.56. The van der Waals surface area contributed by atoms with Crippen molar-refractivity contribution in [1.82, 2.24) is 10.3 Å². The third-order valence-electron chi connectivity index (χ3n) is 3.81. The van der Waals surface area contributed by atoms with Crippen molar-refractivity contribution in [3.8, 4) is 0 Å². The number of nitrogens with zero attached hydrogens (tertiary/aromatic N) is 1. The van der Waals surface area contributed by atoms with Gasteiger partial charge in [0.15, 0.2) is 0 Å². The Morgan fingerprint density at radius 3 is 2.67 bits per heavy atom. The molecule has 2 nitrogen and oxygen atoms in total. The van der Waals surface area contributed by atoms with Crippen molar-refractivity contribution >= 4 is 21.4 Å². The third-order valence-corrected chi connectivity index (χ3v) is 5.26. The predicted octanol–water partition coefficient (Wildman–Crippen LogP) is 4.76. The Labute approximate surface area is 129 Å². The van der Waals surface area contributed by atoms with Gasteiger partial charge in [0, 0.05) is 27.9 Å². The number of aryl methyl sites for hydroxylation is 2. The van der Waals surface area contributed by atoms with Crippen LogP contribution in [0.4, 0.5) is 0 Å². The highest BCUT2D eigenvalue weighted by molar-refractivity contribution is 7.19. The molecule has 0 aliphatic carbocycles. The van der Waals surface area contributed by atoms with E-state index in [0.29, 0.717) is 6.04 Å². The van der Waals surface area contributed by atoms with Crippen molar-refractivity contribution in [2.24, 2.45) is 0 Å². The van der Waals surface area contributed by atoms with Crippen LogP contribution in [0.5, 0.6) is 0 Å². The van der Waals surface area contributed by atoms with Gasteiger partial charge in [-0.2, -0.15) is 0 Å². The van der Waals surface area contributed by atoms with Crippen molar-refractivity contribution in [2.75, 3.05) is 0 Å². The van der Waals surface area contributed by atoms with Crippen LogP contribution in [0.1, 0.15) is 34.8 Å². The van der Waals surface area contributed by atoms with E-state index in [-0.39, 0.29) is 0 Å². The Kier molecular flexibility index (Phi) is 4.04. The van der Waals surface area contributed by atoms with Crippen molar-refractivity contribution in [3.05, 3.63) is 64.3 Å². The first kappa shape index (κ1) is 14.2. The first-order valence-corrected chi connectivity index (χ1v) is 8.11. The molecule has 3 aromatic rings. The van der Waals surface area contributed by atoms with Crippen LogP contribution >= 0.6 is 11.3 Å². The summed E-state index contributed by atoms with van der Waals surface area (Å²) in [5.74, 6) is 0. The average molecular weight is 296 g/mol. The SMILES string of the molecule is Cc1cccc(CNC(C)c2sc3ccccc3c2C)n1. The largest absolute Gasteiger partial charge is 0.304 e. The zero-order valence-corrected chi connectivity index (χ0v) is 13.5. The van der Waals surface area contributed by atoms with Crippen LogP contribution in [0.25, 0.3) is 10.1 Å². The van der Waals surface area contributed by atoms with E-state index in [9.17, 15) is 0 Å². The normalized spacial score (nSPS) is 12.7. The van der Waals surface area contributed by atoms with E-state index < -0.39 is 0 Å². The lowest BCUT2D eigenvalue weighted by Crippen LogP contribution is -2.18. The Bertz CT molecular complexity index is 761. The summed E-state index contributed by atoms with van der Waals surface area (Å²) in [5, 5.41) is 4.97. The molecule has 0 aliphatic rings. The Hall–Kier alpha value is -1.71. The van der Waals surface area contributed by atoms with Gasteiger partial charge in [0.05, 0.1) is 5.69 Å². The average Bonchev–Trinajstić information content (AvgIpc) is 2.83. The zero-order chi connectivity index (χ0) is 14.8. The van der Waals surface area contributed by atoms with Crippen LogP contribution in [-0.2, 0) is 6.54 Å². The van der Waals surface area contributed by atoms with Gasteiger partial charge in [0.2, 0.25) is 0 Å². The fourth-order valence-electron chi connectivity index (χ4n) is 2.65. The molecule has 0 aliphatic heterocycles. The lowest BCUT2D eigenvalue weighted by atomic mass is 10.1. The van der Waals surface area contributed by atoms with E-state index in [2.05, 4.69) is 60.5 Å². The first-order valence-electron chi connectivity index (χ1n) is 7.29. The van der Waals surface area contributed by atoms with E-state index in [0.717, 1.165) is 17.9 Å². The number of nitrogens with one attached hydrogen (secondary N) is 1. The monoisotopic (exact) mass is 296 g/mol. The lowest BCUT2D eigenvalue weighted by molar-refractivity contribution is 0.573. The van der Waals surface area contributed by atoms with E-state index in [1.807, 2.05) is 24.3 Å². The van der Waals surface area contributed by atoms with Crippen LogP contribution in [-0.4, -0.2) is 4.98 Å². The maximum Gasteiger partial charge on any atom is 0.0545 e. The molecule has 0 amide bonds. The molecule has 2 aromatic heterocycles. The number of pyridine rings is 1. The molecule has 0 fully saturated rings. The summed E-state index contributed by atoms with van der Waals surface area (Å²) in [4.78, 5) is 5.97. The summed E-state index contributed by atoms with van der Waals surface area (Å²) in [6, 6.07) is 15.1. The molecule has 0 spiro atoms. The molecule has 1 atom stereocenters. The summed E-state index contributed by atoms with van der Waals surface area (Å²) >= 11 is 1.89. The summed E-state index contributed by atoms with van der Waals surface area (Å²) in [7, 11) is 0. The van der Waals surface area contributed by atoms with Crippen molar-refractivity contribution in [1.29, 1.82) is 0 Å². The second-order valence-electron chi connectivity index (χ2n) is 5.46. The Balaban J connectivity index is 1.78. The minimum atomic E-state index is 0.338. The van der Waals surface area contributed by atoms with Gasteiger partial charge < -0.3 is 5.32 Å². The minimum Gasteiger partial charge on any atom is -0.304 e. The molecule has 0 saturated heterocycles. The van der Waals surface area contributed by atoms with Crippen molar-refractivity contribution in [3.63, 3.8) is 0 Å². The molecule has 1 unspecified atom stereocenters. The molecule has 1 aromatic carbocycles. The van der Waals surface area contributed by atoms with Crippen LogP contribution in [0.3, 0.4) is 0 Å². The standard InChI is InChI=1S/C18H20N2S/c1-12-7-6-8-15(20-12)11-19-14(3)18-13(2)16-9-4-5-10-17(16)21-18/h4-10,14,19H,11H2,1-3H3. The molecule has 1 N–H and O–H groups in total. The van der Waals surface area contributed by atoms with Gasteiger partial charge in [-0.25, -0.2) is 0 Å². The Morgan fingerprint density at radius 2 is 1.90 bits per heavy atom. The molecule has 0 bridgehead atoms. The van der Waals surface area contributed by atoms with Crippen LogP contribution in [0.2, 0.25) is 0 Å². The highest BCUT2D eigenvalue weighted by Crippen LogP contribution is 2.34. The number of thiophene rings is 1. The molecule has 21 heavy (non-hydrogen) atoms. The van der Waals surface area contributed by atoms with Gasteiger partial charge in [0.1, 0.15) is 0 Å². The first-order chi connectivity index (χ1) is 10.1. The minimum absolute atomic E-state index is 0.338. The fraction of sp³-hybridized carbons (Fsp3) is 0.278. The van der Waals surface area contributed by atoms with E-state index in [4.69, 9.17) is 0 Å². The second kappa shape index (κ2) is 5.96. The van der Waals surface area contributed by atoms with Crippen molar-refractivity contribution in [2.45, 2.75) is 33.4 Å². The van der Waals surface area contributed by atoms with Crippen LogP contribution < -0.4 is 5.32 Å².